The maximum absolute atomic E-state index is 13.0. The summed E-state index contributed by atoms with van der Waals surface area (Å²) in [5.41, 5.74) is 1.18. The number of halogens is 1. The summed E-state index contributed by atoms with van der Waals surface area (Å²) in [5, 5.41) is 7.01. The molecule has 0 atom stereocenters. The predicted molar refractivity (Wildman–Crippen MR) is 110 cm³/mol. The monoisotopic (exact) mass is 407 g/mol. The Bertz CT molecular complexity index is 878. The van der Waals surface area contributed by atoms with Crippen molar-refractivity contribution in [3.05, 3.63) is 54.3 Å². The molecule has 0 unspecified atom stereocenters. The molecule has 1 saturated carbocycles. The molecule has 1 fully saturated rings. The van der Waals surface area contributed by atoms with Gasteiger partial charge in [0, 0.05) is 17.4 Å². The van der Waals surface area contributed by atoms with E-state index < -0.39 is 15.8 Å². The standard InChI is InChI=1S/C19H22FN3O2S2/c20-14-6-12-18(13-7-14)27(24,25)23-17-10-8-16(9-11-17)22-19(26)21-15-4-2-1-3-5-15/h6-13,15,23H,1-5H2,(H2,21,22,26). The van der Waals surface area contributed by atoms with Crippen LogP contribution in [0, 0.1) is 5.82 Å². The van der Waals surface area contributed by atoms with Gasteiger partial charge in [-0.2, -0.15) is 0 Å². The van der Waals surface area contributed by atoms with Gasteiger partial charge in [0.15, 0.2) is 5.11 Å². The molecule has 0 bridgehead atoms. The summed E-state index contributed by atoms with van der Waals surface area (Å²) in [6.07, 6.45) is 6.00. The number of nitrogens with one attached hydrogen (secondary N) is 3. The summed E-state index contributed by atoms with van der Waals surface area (Å²) in [5.74, 6) is -0.484. The third kappa shape index (κ3) is 5.64. The fourth-order valence-corrected chi connectivity index (χ4v) is 4.39. The molecule has 0 aromatic heterocycles. The van der Waals surface area contributed by atoms with E-state index in [1.807, 2.05) is 0 Å². The molecule has 0 amide bonds. The lowest BCUT2D eigenvalue weighted by Gasteiger charge is -2.24. The first-order valence-corrected chi connectivity index (χ1v) is 10.8. The van der Waals surface area contributed by atoms with Crippen LogP contribution in [-0.4, -0.2) is 19.6 Å². The molecule has 8 heteroatoms. The second kappa shape index (κ2) is 8.67. The lowest BCUT2D eigenvalue weighted by atomic mass is 9.96. The Hall–Kier alpha value is -2.19. The normalized spacial score (nSPS) is 15.1. The van der Waals surface area contributed by atoms with Gasteiger partial charge in [0.1, 0.15) is 5.82 Å². The van der Waals surface area contributed by atoms with Crippen molar-refractivity contribution < 1.29 is 12.8 Å². The number of hydrogen-bond acceptors (Lipinski definition) is 3. The number of sulfonamides is 1. The average molecular weight is 408 g/mol. The van der Waals surface area contributed by atoms with Crippen molar-refractivity contribution in [3.63, 3.8) is 0 Å². The van der Waals surface area contributed by atoms with E-state index >= 15 is 0 Å². The molecule has 1 aliphatic rings. The van der Waals surface area contributed by atoms with Crippen LogP contribution >= 0.6 is 12.2 Å². The highest BCUT2D eigenvalue weighted by atomic mass is 32.2. The van der Waals surface area contributed by atoms with Crippen molar-refractivity contribution in [3.8, 4) is 0 Å². The van der Waals surface area contributed by atoms with Crippen LogP contribution in [-0.2, 0) is 10.0 Å². The smallest absolute Gasteiger partial charge is 0.261 e. The van der Waals surface area contributed by atoms with Crippen LogP contribution in [0.4, 0.5) is 15.8 Å². The molecule has 0 radical (unpaired) electrons. The Labute approximate surface area is 164 Å². The first kappa shape index (κ1) is 19.6. The molecule has 3 rings (SSSR count). The second-order valence-electron chi connectivity index (χ2n) is 6.57. The third-order valence-electron chi connectivity index (χ3n) is 4.46. The minimum absolute atomic E-state index is 0.00367. The van der Waals surface area contributed by atoms with Crippen LogP contribution in [0.15, 0.2) is 53.4 Å². The van der Waals surface area contributed by atoms with Gasteiger partial charge in [0.05, 0.1) is 4.90 Å². The fourth-order valence-electron chi connectivity index (χ4n) is 3.05. The highest BCUT2D eigenvalue weighted by molar-refractivity contribution is 7.92. The van der Waals surface area contributed by atoms with Gasteiger partial charge in [0.2, 0.25) is 0 Å². The van der Waals surface area contributed by atoms with Crippen molar-refractivity contribution >= 4 is 38.7 Å². The molecule has 0 heterocycles. The van der Waals surface area contributed by atoms with Crippen LogP contribution < -0.4 is 15.4 Å². The highest BCUT2D eigenvalue weighted by Crippen LogP contribution is 2.20. The zero-order valence-electron chi connectivity index (χ0n) is 14.7. The van der Waals surface area contributed by atoms with Crippen molar-refractivity contribution in [1.82, 2.24) is 5.32 Å². The lowest BCUT2D eigenvalue weighted by molar-refractivity contribution is 0.415. The Balaban J connectivity index is 1.58. The van der Waals surface area contributed by atoms with E-state index in [2.05, 4.69) is 15.4 Å². The van der Waals surface area contributed by atoms with Crippen LogP contribution in [0.25, 0.3) is 0 Å². The van der Waals surface area contributed by atoms with E-state index in [9.17, 15) is 12.8 Å². The van der Waals surface area contributed by atoms with Crippen LogP contribution in [0.2, 0.25) is 0 Å². The Kier molecular flexibility index (Phi) is 6.28. The van der Waals surface area contributed by atoms with E-state index in [4.69, 9.17) is 12.2 Å². The van der Waals surface area contributed by atoms with Crippen LogP contribution in [0.3, 0.4) is 0 Å². The van der Waals surface area contributed by atoms with Crippen molar-refractivity contribution in [2.45, 2.75) is 43.0 Å². The van der Waals surface area contributed by atoms with E-state index in [1.54, 1.807) is 24.3 Å². The summed E-state index contributed by atoms with van der Waals surface area (Å²) in [4.78, 5) is 0.00367. The molecule has 5 nitrogen and oxygen atoms in total. The molecule has 3 N–H and O–H groups in total. The number of thiocarbonyl (C=S) groups is 1. The van der Waals surface area contributed by atoms with Crippen LogP contribution in [0.5, 0.6) is 0 Å². The summed E-state index contributed by atoms with van der Waals surface area (Å²) in [6.45, 7) is 0. The van der Waals surface area contributed by atoms with Gasteiger partial charge in [-0.1, -0.05) is 19.3 Å². The summed E-state index contributed by atoms with van der Waals surface area (Å²) in [6, 6.07) is 11.9. The van der Waals surface area contributed by atoms with Crippen molar-refractivity contribution in [1.29, 1.82) is 0 Å². The van der Waals surface area contributed by atoms with E-state index in [1.165, 1.54) is 31.4 Å². The molecule has 1 aliphatic carbocycles. The largest absolute Gasteiger partial charge is 0.360 e. The quantitative estimate of drug-likeness (QED) is 0.647. The summed E-state index contributed by atoms with van der Waals surface area (Å²) >= 11 is 5.35. The van der Waals surface area contributed by atoms with Crippen molar-refractivity contribution in [2.75, 3.05) is 10.0 Å². The van der Waals surface area contributed by atoms with Gasteiger partial charge >= 0.3 is 0 Å². The Morgan fingerprint density at radius 1 is 0.926 bits per heavy atom. The van der Waals surface area contributed by atoms with Gasteiger partial charge in [-0.3, -0.25) is 4.72 Å². The zero-order chi connectivity index (χ0) is 19.3. The number of rotatable bonds is 5. The molecule has 2 aromatic rings. The molecule has 0 aliphatic heterocycles. The summed E-state index contributed by atoms with van der Waals surface area (Å²) in [7, 11) is -3.76. The van der Waals surface area contributed by atoms with Crippen LogP contribution in [0.1, 0.15) is 32.1 Å². The maximum Gasteiger partial charge on any atom is 0.261 e. The zero-order valence-corrected chi connectivity index (χ0v) is 16.4. The second-order valence-corrected chi connectivity index (χ2v) is 8.66. The molecule has 144 valence electrons. The third-order valence-corrected chi connectivity index (χ3v) is 6.08. The highest BCUT2D eigenvalue weighted by Gasteiger charge is 2.15. The van der Waals surface area contributed by atoms with Gasteiger partial charge < -0.3 is 10.6 Å². The predicted octanol–water partition coefficient (Wildman–Crippen LogP) is 4.25. The number of hydrogen-bond donors (Lipinski definition) is 3. The van der Waals surface area contributed by atoms with Gasteiger partial charge in [-0.15, -0.1) is 0 Å². The molecule has 0 spiro atoms. The summed E-state index contributed by atoms with van der Waals surface area (Å²) < 4.78 is 40.1. The first-order chi connectivity index (χ1) is 12.9. The van der Waals surface area contributed by atoms with Gasteiger partial charge in [-0.25, -0.2) is 12.8 Å². The lowest BCUT2D eigenvalue weighted by Crippen LogP contribution is -2.38. The van der Waals surface area contributed by atoms with Gasteiger partial charge in [-0.05, 0) is 73.6 Å². The van der Waals surface area contributed by atoms with Gasteiger partial charge in [0.25, 0.3) is 10.0 Å². The van der Waals surface area contributed by atoms with E-state index in [-0.39, 0.29) is 4.90 Å². The Morgan fingerprint density at radius 3 is 2.15 bits per heavy atom. The molecule has 0 saturated heterocycles. The minimum Gasteiger partial charge on any atom is -0.360 e. The molecular weight excluding hydrogens is 385 g/mol. The maximum atomic E-state index is 13.0. The van der Waals surface area contributed by atoms with Crippen molar-refractivity contribution in [2.24, 2.45) is 0 Å². The topological polar surface area (TPSA) is 70.2 Å². The average Bonchev–Trinajstić information content (AvgIpc) is 2.64. The van der Waals surface area contributed by atoms with E-state index in [0.717, 1.165) is 30.7 Å². The number of benzene rings is 2. The van der Waals surface area contributed by atoms with E-state index in [0.29, 0.717) is 16.8 Å². The Morgan fingerprint density at radius 2 is 1.52 bits per heavy atom. The number of anilines is 2. The molecular formula is C19H22FN3O2S2. The first-order valence-electron chi connectivity index (χ1n) is 8.88. The minimum atomic E-state index is -3.76. The molecule has 2 aromatic carbocycles. The molecule has 27 heavy (non-hydrogen) atoms. The fraction of sp³-hybridized carbons (Fsp3) is 0.316. The SMILES string of the molecule is O=S(=O)(Nc1ccc(NC(=S)NC2CCCCC2)cc1)c1ccc(F)cc1.